The molecule has 0 aliphatic carbocycles. The number of nitrogens with one attached hydrogen (secondary N) is 1. The zero-order valence-corrected chi connectivity index (χ0v) is 18.8. The van der Waals surface area contributed by atoms with Crippen LogP contribution in [0.2, 0.25) is 5.02 Å². The minimum Gasteiger partial charge on any atom is -0.346 e. The molecule has 3 aromatic rings. The van der Waals surface area contributed by atoms with Crippen LogP contribution in [0, 0.1) is 20.8 Å². The molecule has 3 rings (SSSR count). The first-order chi connectivity index (χ1) is 13.8. The summed E-state index contributed by atoms with van der Waals surface area (Å²) in [6, 6.07) is 20.0. The quantitative estimate of drug-likeness (QED) is 0.430. The fourth-order valence-electron chi connectivity index (χ4n) is 3.26. The van der Waals surface area contributed by atoms with E-state index in [0.717, 1.165) is 16.3 Å². The largest absolute Gasteiger partial charge is 0.346 e. The third-order valence-electron chi connectivity index (χ3n) is 5.13. The van der Waals surface area contributed by atoms with Crippen molar-refractivity contribution in [3.05, 3.63) is 99.1 Å². The molecule has 0 saturated carbocycles. The minimum atomic E-state index is -0.0490. The number of carbonyl (C=O) groups is 1. The molecule has 0 saturated heterocycles. The molecule has 1 atom stereocenters. The molecule has 0 bridgehead atoms. The predicted molar refractivity (Wildman–Crippen MR) is 124 cm³/mol. The van der Waals surface area contributed by atoms with Crippen molar-refractivity contribution in [3.8, 4) is 0 Å². The van der Waals surface area contributed by atoms with Crippen molar-refractivity contribution < 1.29 is 4.79 Å². The summed E-state index contributed by atoms with van der Waals surface area (Å²) in [5.74, 6) is 0.800. The lowest BCUT2D eigenvalue weighted by Crippen LogP contribution is -2.27. The van der Waals surface area contributed by atoms with E-state index in [-0.39, 0.29) is 11.9 Å². The van der Waals surface area contributed by atoms with Crippen LogP contribution in [0.15, 0.2) is 65.6 Å². The van der Waals surface area contributed by atoms with E-state index in [1.54, 1.807) is 11.8 Å². The van der Waals surface area contributed by atoms with Crippen LogP contribution < -0.4 is 5.32 Å². The van der Waals surface area contributed by atoms with Crippen LogP contribution in [0.5, 0.6) is 0 Å². The molecule has 0 aliphatic heterocycles. The summed E-state index contributed by atoms with van der Waals surface area (Å²) in [4.78, 5) is 13.9. The van der Waals surface area contributed by atoms with Crippen LogP contribution >= 0.6 is 23.4 Å². The summed E-state index contributed by atoms with van der Waals surface area (Å²) in [5.41, 5.74) is 6.75. The highest BCUT2D eigenvalue weighted by Gasteiger charge is 2.14. The zero-order valence-electron chi connectivity index (χ0n) is 17.3. The summed E-state index contributed by atoms with van der Waals surface area (Å²) in [5, 5.41) is 3.87. The second kappa shape index (κ2) is 9.51. The fourth-order valence-corrected chi connectivity index (χ4v) is 4.24. The van der Waals surface area contributed by atoms with Crippen molar-refractivity contribution in [2.75, 3.05) is 0 Å². The highest BCUT2D eigenvalue weighted by molar-refractivity contribution is 7.98. The first kappa shape index (κ1) is 21.5. The van der Waals surface area contributed by atoms with Gasteiger partial charge in [0.25, 0.3) is 5.91 Å². The normalized spacial score (nSPS) is 11.9. The SMILES string of the molecule is Cc1cc(C)c(C(C)NC(=O)c2ccc(CSc3ccc(Cl)cc3)cc2)cc1C. The first-order valence-electron chi connectivity index (χ1n) is 9.69. The second-order valence-electron chi connectivity index (χ2n) is 7.43. The summed E-state index contributed by atoms with van der Waals surface area (Å²) in [6.45, 7) is 8.35. The zero-order chi connectivity index (χ0) is 21.0. The summed E-state index contributed by atoms with van der Waals surface area (Å²) >= 11 is 7.68. The van der Waals surface area contributed by atoms with E-state index in [9.17, 15) is 4.79 Å². The van der Waals surface area contributed by atoms with E-state index < -0.39 is 0 Å². The van der Waals surface area contributed by atoms with Gasteiger partial charge < -0.3 is 5.32 Å². The Hall–Kier alpha value is -2.23. The Balaban J connectivity index is 1.61. The molecule has 0 fully saturated rings. The van der Waals surface area contributed by atoms with Crippen LogP contribution in [0.3, 0.4) is 0 Å². The summed E-state index contributed by atoms with van der Waals surface area (Å²) in [7, 11) is 0. The lowest BCUT2D eigenvalue weighted by atomic mass is 9.96. The van der Waals surface area contributed by atoms with Gasteiger partial charge in [0.05, 0.1) is 6.04 Å². The molecule has 29 heavy (non-hydrogen) atoms. The van der Waals surface area contributed by atoms with Crippen LogP contribution in [-0.4, -0.2) is 5.91 Å². The maximum absolute atomic E-state index is 12.7. The van der Waals surface area contributed by atoms with Gasteiger partial charge in [0.2, 0.25) is 0 Å². The number of benzene rings is 3. The molecule has 1 N–H and O–H groups in total. The Morgan fingerprint density at radius 2 is 1.55 bits per heavy atom. The lowest BCUT2D eigenvalue weighted by Gasteiger charge is -2.18. The highest BCUT2D eigenvalue weighted by Crippen LogP contribution is 2.25. The molecule has 0 aromatic heterocycles. The van der Waals surface area contributed by atoms with Crippen molar-refractivity contribution in [2.45, 2.75) is 44.4 Å². The first-order valence-corrected chi connectivity index (χ1v) is 11.1. The number of halogens is 1. The van der Waals surface area contributed by atoms with Crippen molar-refractivity contribution in [2.24, 2.45) is 0 Å². The van der Waals surface area contributed by atoms with E-state index in [1.165, 1.54) is 27.1 Å². The molecular weight excluding hydrogens is 398 g/mol. The van der Waals surface area contributed by atoms with Gasteiger partial charge in [-0.1, -0.05) is 35.9 Å². The molecule has 150 valence electrons. The average molecular weight is 424 g/mol. The molecule has 0 spiro atoms. The third-order valence-corrected chi connectivity index (χ3v) is 6.47. The Labute approximate surface area is 182 Å². The van der Waals surface area contributed by atoms with Crippen molar-refractivity contribution in [3.63, 3.8) is 0 Å². The lowest BCUT2D eigenvalue weighted by molar-refractivity contribution is 0.0940. The third kappa shape index (κ3) is 5.65. The highest BCUT2D eigenvalue weighted by atomic mass is 35.5. The summed E-state index contributed by atoms with van der Waals surface area (Å²) in [6.07, 6.45) is 0. The topological polar surface area (TPSA) is 29.1 Å². The minimum absolute atomic E-state index is 0.0399. The smallest absolute Gasteiger partial charge is 0.251 e. The standard InChI is InChI=1S/C25H26ClNOS/c1-16-13-18(3)24(14-17(16)2)19(4)27-25(28)21-7-5-20(6-8-21)15-29-23-11-9-22(26)10-12-23/h5-14,19H,15H2,1-4H3,(H,27,28). The van der Waals surface area contributed by atoms with Gasteiger partial charge in [-0.2, -0.15) is 0 Å². The number of aryl methyl sites for hydroxylation is 3. The van der Waals surface area contributed by atoms with Gasteiger partial charge in [-0.3, -0.25) is 4.79 Å². The van der Waals surface area contributed by atoms with Crippen molar-refractivity contribution in [1.29, 1.82) is 0 Å². The van der Waals surface area contributed by atoms with Crippen molar-refractivity contribution >= 4 is 29.3 Å². The maximum Gasteiger partial charge on any atom is 0.251 e. The molecule has 2 nitrogen and oxygen atoms in total. The molecular formula is C25H26ClNOS. The number of rotatable bonds is 6. The number of hydrogen-bond acceptors (Lipinski definition) is 2. The van der Waals surface area contributed by atoms with Crippen LogP contribution in [0.25, 0.3) is 0 Å². The van der Waals surface area contributed by atoms with Gasteiger partial charge in [0, 0.05) is 21.2 Å². The molecule has 0 radical (unpaired) electrons. The molecule has 1 unspecified atom stereocenters. The van der Waals surface area contributed by atoms with E-state index >= 15 is 0 Å². The molecule has 0 aliphatic rings. The van der Waals surface area contributed by atoms with Crippen molar-refractivity contribution in [1.82, 2.24) is 5.32 Å². The molecule has 1 amide bonds. The van der Waals surface area contributed by atoms with E-state index in [0.29, 0.717) is 5.56 Å². The number of amides is 1. The number of hydrogen-bond donors (Lipinski definition) is 1. The average Bonchev–Trinajstić information content (AvgIpc) is 2.70. The predicted octanol–water partition coefficient (Wildman–Crippen LogP) is 7.05. The van der Waals surface area contributed by atoms with Gasteiger partial charge in [0.1, 0.15) is 0 Å². The van der Waals surface area contributed by atoms with Gasteiger partial charge >= 0.3 is 0 Å². The van der Waals surface area contributed by atoms with Gasteiger partial charge in [-0.05, 0) is 91.9 Å². The fraction of sp³-hybridized carbons (Fsp3) is 0.240. The maximum atomic E-state index is 12.7. The van der Waals surface area contributed by atoms with Gasteiger partial charge in [-0.15, -0.1) is 11.8 Å². The monoisotopic (exact) mass is 423 g/mol. The molecule has 0 heterocycles. The number of thioether (sulfide) groups is 1. The second-order valence-corrected chi connectivity index (χ2v) is 8.91. The molecule has 3 aromatic carbocycles. The van der Waals surface area contributed by atoms with E-state index in [4.69, 9.17) is 11.6 Å². The Morgan fingerprint density at radius 3 is 2.21 bits per heavy atom. The Kier molecular flexibility index (Phi) is 7.05. The van der Waals surface area contributed by atoms with Crippen LogP contribution in [0.4, 0.5) is 0 Å². The Bertz CT molecular complexity index is 997. The van der Waals surface area contributed by atoms with Gasteiger partial charge in [0.15, 0.2) is 0 Å². The van der Waals surface area contributed by atoms with Gasteiger partial charge in [-0.25, -0.2) is 0 Å². The number of carbonyl (C=O) groups excluding carboxylic acids is 1. The summed E-state index contributed by atoms with van der Waals surface area (Å²) < 4.78 is 0. The molecule has 4 heteroatoms. The van der Waals surface area contributed by atoms with E-state index in [1.807, 2.05) is 55.5 Å². The van der Waals surface area contributed by atoms with E-state index in [2.05, 4.69) is 38.2 Å². The van der Waals surface area contributed by atoms with Crippen LogP contribution in [-0.2, 0) is 5.75 Å². The Morgan fingerprint density at radius 1 is 0.931 bits per heavy atom. The van der Waals surface area contributed by atoms with Crippen LogP contribution in [0.1, 0.15) is 51.1 Å².